The molecule has 0 N–H and O–H groups in total. The van der Waals surface area contributed by atoms with Crippen LogP contribution in [0.4, 0.5) is 0 Å². The van der Waals surface area contributed by atoms with E-state index in [0.717, 1.165) is 23.1 Å². The zero-order valence-electron chi connectivity index (χ0n) is 9.22. The molecule has 0 spiro atoms. The van der Waals surface area contributed by atoms with Gasteiger partial charge in [-0.25, -0.2) is 0 Å². The topological polar surface area (TPSA) is 9.23 Å². The van der Waals surface area contributed by atoms with Gasteiger partial charge >= 0.3 is 0 Å². The van der Waals surface area contributed by atoms with E-state index in [9.17, 15) is 0 Å². The van der Waals surface area contributed by atoms with Gasteiger partial charge in [0.25, 0.3) is 0 Å². The first-order valence-electron chi connectivity index (χ1n) is 5.87. The van der Waals surface area contributed by atoms with E-state index in [1.165, 1.54) is 25.7 Å². The molecule has 1 aromatic carbocycles. The van der Waals surface area contributed by atoms with Gasteiger partial charge in [0.05, 0.1) is 11.1 Å². The lowest BCUT2D eigenvalue weighted by Crippen LogP contribution is -2.15. The largest absolute Gasteiger partial charge is 0.489 e. The van der Waals surface area contributed by atoms with Crippen LogP contribution in [0.3, 0.4) is 0 Å². The number of ether oxygens (including phenoxy) is 1. The third-order valence-electron chi connectivity index (χ3n) is 2.99. The molecule has 0 aromatic heterocycles. The molecule has 0 heterocycles. The van der Waals surface area contributed by atoms with Gasteiger partial charge in [-0.05, 0) is 43.9 Å². The predicted octanol–water partition coefficient (Wildman–Crippen LogP) is 5.20. The van der Waals surface area contributed by atoms with Gasteiger partial charge < -0.3 is 4.74 Å². The van der Waals surface area contributed by atoms with Crippen LogP contribution in [0.1, 0.15) is 38.5 Å². The van der Waals surface area contributed by atoms with Gasteiger partial charge in [-0.15, -0.1) is 0 Å². The van der Waals surface area contributed by atoms with Crippen molar-refractivity contribution in [3.8, 4) is 5.75 Å². The van der Waals surface area contributed by atoms with Gasteiger partial charge in [0, 0.05) is 4.47 Å². The normalized spacial score (nSPS) is 18.1. The molecule has 0 atom stereocenters. The molecule has 2 rings (SSSR count). The van der Waals surface area contributed by atoms with Crippen molar-refractivity contribution in [2.75, 3.05) is 0 Å². The summed E-state index contributed by atoms with van der Waals surface area (Å²) in [5.41, 5.74) is 0. The molecule has 1 saturated carbocycles. The summed E-state index contributed by atoms with van der Waals surface area (Å²) < 4.78 is 7.00. The van der Waals surface area contributed by atoms with E-state index in [1.54, 1.807) is 0 Å². The lowest BCUT2D eigenvalue weighted by atomic mass is 10.1. The molecule has 0 radical (unpaired) electrons. The molecule has 0 amide bonds. The summed E-state index contributed by atoms with van der Waals surface area (Å²) >= 11 is 9.55. The van der Waals surface area contributed by atoms with Crippen molar-refractivity contribution >= 4 is 27.5 Å². The maximum absolute atomic E-state index is 6.11. The third kappa shape index (κ3) is 3.39. The van der Waals surface area contributed by atoms with Crippen LogP contribution < -0.4 is 4.74 Å². The Bertz CT molecular complexity index is 346. The SMILES string of the molecule is Clc1ccc(Br)cc1OC1CCCCCC1. The van der Waals surface area contributed by atoms with Crippen LogP contribution in [0.5, 0.6) is 5.75 Å². The second-order valence-electron chi connectivity index (χ2n) is 4.31. The third-order valence-corrected chi connectivity index (χ3v) is 3.79. The Morgan fingerprint density at radius 1 is 1.12 bits per heavy atom. The molecule has 16 heavy (non-hydrogen) atoms. The summed E-state index contributed by atoms with van der Waals surface area (Å²) in [6.45, 7) is 0. The maximum Gasteiger partial charge on any atom is 0.139 e. The maximum atomic E-state index is 6.11. The van der Waals surface area contributed by atoms with Crippen LogP contribution in [0.25, 0.3) is 0 Å². The predicted molar refractivity (Wildman–Crippen MR) is 71.3 cm³/mol. The minimum absolute atomic E-state index is 0.342. The lowest BCUT2D eigenvalue weighted by Gasteiger charge is -2.18. The van der Waals surface area contributed by atoms with Gasteiger partial charge in [-0.3, -0.25) is 0 Å². The van der Waals surface area contributed by atoms with Gasteiger partial charge in [0.15, 0.2) is 0 Å². The highest BCUT2D eigenvalue weighted by atomic mass is 79.9. The summed E-state index contributed by atoms with van der Waals surface area (Å²) in [6.07, 6.45) is 7.88. The van der Waals surface area contributed by atoms with Crippen molar-refractivity contribution in [2.45, 2.75) is 44.6 Å². The monoisotopic (exact) mass is 302 g/mol. The molecule has 1 aliphatic rings. The quantitative estimate of drug-likeness (QED) is 0.682. The van der Waals surface area contributed by atoms with Crippen molar-refractivity contribution < 1.29 is 4.74 Å². The van der Waals surface area contributed by atoms with Crippen molar-refractivity contribution in [3.63, 3.8) is 0 Å². The molecule has 88 valence electrons. The number of rotatable bonds is 2. The molecule has 0 aliphatic heterocycles. The second-order valence-corrected chi connectivity index (χ2v) is 5.63. The average Bonchev–Trinajstić information content (AvgIpc) is 2.52. The van der Waals surface area contributed by atoms with E-state index in [2.05, 4.69) is 15.9 Å². The van der Waals surface area contributed by atoms with Crippen LogP contribution in [-0.2, 0) is 0 Å². The number of hydrogen-bond donors (Lipinski definition) is 0. The van der Waals surface area contributed by atoms with E-state index in [-0.39, 0.29) is 0 Å². The molecule has 0 saturated heterocycles. The summed E-state index contributed by atoms with van der Waals surface area (Å²) in [7, 11) is 0. The minimum Gasteiger partial charge on any atom is -0.489 e. The molecule has 1 aliphatic carbocycles. The molecule has 3 heteroatoms. The highest BCUT2D eigenvalue weighted by molar-refractivity contribution is 9.10. The van der Waals surface area contributed by atoms with Crippen LogP contribution >= 0.6 is 27.5 Å². The number of hydrogen-bond acceptors (Lipinski definition) is 1. The summed E-state index contributed by atoms with van der Waals surface area (Å²) in [4.78, 5) is 0. The zero-order valence-corrected chi connectivity index (χ0v) is 11.6. The highest BCUT2D eigenvalue weighted by Crippen LogP contribution is 2.31. The molecular weight excluding hydrogens is 287 g/mol. The fraction of sp³-hybridized carbons (Fsp3) is 0.538. The zero-order chi connectivity index (χ0) is 11.4. The Morgan fingerprint density at radius 2 is 1.81 bits per heavy atom. The van der Waals surface area contributed by atoms with E-state index >= 15 is 0 Å². The van der Waals surface area contributed by atoms with Crippen LogP contribution in [0.15, 0.2) is 22.7 Å². The van der Waals surface area contributed by atoms with Gasteiger partial charge in [0.2, 0.25) is 0 Å². The van der Waals surface area contributed by atoms with Crippen LogP contribution in [0, 0.1) is 0 Å². The summed E-state index contributed by atoms with van der Waals surface area (Å²) in [5.74, 6) is 0.808. The second kappa shape index (κ2) is 5.92. The molecule has 0 unspecified atom stereocenters. The van der Waals surface area contributed by atoms with Crippen LogP contribution in [0.2, 0.25) is 5.02 Å². The Labute approximate surface area is 110 Å². The fourth-order valence-electron chi connectivity index (χ4n) is 2.11. The van der Waals surface area contributed by atoms with Crippen molar-refractivity contribution in [1.82, 2.24) is 0 Å². The molecular formula is C13H16BrClO. The first-order chi connectivity index (χ1) is 7.75. The van der Waals surface area contributed by atoms with Gasteiger partial charge in [-0.2, -0.15) is 0 Å². The summed E-state index contributed by atoms with van der Waals surface area (Å²) in [6, 6.07) is 5.76. The average molecular weight is 304 g/mol. The molecule has 1 nitrogen and oxygen atoms in total. The molecule has 0 bridgehead atoms. The van der Waals surface area contributed by atoms with Gasteiger partial charge in [-0.1, -0.05) is 40.4 Å². The highest BCUT2D eigenvalue weighted by Gasteiger charge is 2.15. The smallest absolute Gasteiger partial charge is 0.139 e. The lowest BCUT2D eigenvalue weighted by molar-refractivity contribution is 0.184. The minimum atomic E-state index is 0.342. The molecule has 1 aromatic rings. The Hall–Kier alpha value is -0.210. The summed E-state index contributed by atoms with van der Waals surface area (Å²) in [5, 5.41) is 0.701. The Kier molecular flexibility index (Phi) is 4.54. The Balaban J connectivity index is 2.04. The van der Waals surface area contributed by atoms with E-state index in [0.29, 0.717) is 11.1 Å². The first-order valence-corrected chi connectivity index (χ1v) is 7.04. The first kappa shape index (κ1) is 12.3. The van der Waals surface area contributed by atoms with Crippen LogP contribution in [-0.4, -0.2) is 6.10 Å². The number of benzene rings is 1. The van der Waals surface area contributed by atoms with E-state index in [1.807, 2.05) is 18.2 Å². The van der Waals surface area contributed by atoms with E-state index in [4.69, 9.17) is 16.3 Å². The van der Waals surface area contributed by atoms with Gasteiger partial charge in [0.1, 0.15) is 5.75 Å². The molecule has 1 fully saturated rings. The van der Waals surface area contributed by atoms with E-state index < -0.39 is 0 Å². The fourth-order valence-corrected chi connectivity index (χ4v) is 2.61. The number of halogens is 2. The van der Waals surface area contributed by atoms with Crippen molar-refractivity contribution in [3.05, 3.63) is 27.7 Å². The van der Waals surface area contributed by atoms with Crippen molar-refractivity contribution in [1.29, 1.82) is 0 Å². The standard InChI is InChI=1S/C13H16BrClO/c14-10-7-8-12(15)13(9-10)16-11-5-3-1-2-4-6-11/h7-9,11H,1-6H2. The van der Waals surface area contributed by atoms with Crippen molar-refractivity contribution in [2.24, 2.45) is 0 Å². The Morgan fingerprint density at radius 3 is 2.50 bits per heavy atom.